The van der Waals surface area contributed by atoms with Gasteiger partial charge >= 0.3 is 11.9 Å². The SMILES string of the molecule is CCC(=O)OCC[C@@H](OC(=O)CC)c1ccccc1. The highest BCUT2D eigenvalue weighted by Gasteiger charge is 2.16. The molecule has 0 saturated heterocycles. The fourth-order valence-corrected chi connectivity index (χ4v) is 1.59. The molecule has 19 heavy (non-hydrogen) atoms. The van der Waals surface area contributed by atoms with Crippen LogP contribution in [0.15, 0.2) is 30.3 Å². The summed E-state index contributed by atoms with van der Waals surface area (Å²) in [6.07, 6.45) is 0.794. The largest absolute Gasteiger partial charge is 0.466 e. The predicted molar refractivity (Wildman–Crippen MR) is 71.4 cm³/mol. The van der Waals surface area contributed by atoms with Gasteiger partial charge in [0.1, 0.15) is 6.10 Å². The van der Waals surface area contributed by atoms with E-state index in [0.29, 0.717) is 19.3 Å². The number of carbonyl (C=O) groups excluding carboxylic acids is 2. The maximum Gasteiger partial charge on any atom is 0.306 e. The summed E-state index contributed by atoms with van der Waals surface area (Å²) in [6, 6.07) is 9.48. The highest BCUT2D eigenvalue weighted by Crippen LogP contribution is 2.21. The molecule has 1 aromatic carbocycles. The molecular weight excluding hydrogens is 244 g/mol. The Balaban J connectivity index is 2.60. The van der Waals surface area contributed by atoms with Gasteiger partial charge in [-0.1, -0.05) is 44.2 Å². The van der Waals surface area contributed by atoms with Crippen LogP contribution in [-0.2, 0) is 19.1 Å². The maximum atomic E-state index is 11.4. The van der Waals surface area contributed by atoms with Crippen LogP contribution in [0.4, 0.5) is 0 Å². The van der Waals surface area contributed by atoms with Crippen LogP contribution in [0.2, 0.25) is 0 Å². The summed E-state index contributed by atoms with van der Waals surface area (Å²) in [5.74, 6) is -0.496. The summed E-state index contributed by atoms with van der Waals surface area (Å²) >= 11 is 0. The molecule has 4 heteroatoms. The Labute approximate surface area is 113 Å². The summed E-state index contributed by atoms with van der Waals surface area (Å²) in [4.78, 5) is 22.5. The molecule has 0 unspecified atom stereocenters. The van der Waals surface area contributed by atoms with E-state index in [1.54, 1.807) is 13.8 Å². The number of hydrogen-bond acceptors (Lipinski definition) is 4. The summed E-state index contributed by atoms with van der Waals surface area (Å²) in [6.45, 7) is 3.75. The number of rotatable bonds is 7. The molecule has 0 aliphatic rings. The lowest BCUT2D eigenvalue weighted by molar-refractivity contribution is -0.151. The molecule has 104 valence electrons. The smallest absolute Gasteiger partial charge is 0.306 e. The van der Waals surface area contributed by atoms with E-state index in [1.807, 2.05) is 30.3 Å². The number of carbonyl (C=O) groups is 2. The van der Waals surface area contributed by atoms with Crippen LogP contribution in [-0.4, -0.2) is 18.5 Å². The first-order valence-electron chi connectivity index (χ1n) is 6.57. The Hall–Kier alpha value is -1.84. The van der Waals surface area contributed by atoms with Gasteiger partial charge in [0.2, 0.25) is 0 Å². The van der Waals surface area contributed by atoms with Crippen molar-refractivity contribution >= 4 is 11.9 Å². The molecule has 0 bridgehead atoms. The van der Waals surface area contributed by atoms with Gasteiger partial charge in [0.25, 0.3) is 0 Å². The van der Waals surface area contributed by atoms with Gasteiger partial charge in [-0.3, -0.25) is 9.59 Å². The second-order valence-corrected chi connectivity index (χ2v) is 4.11. The molecule has 0 spiro atoms. The van der Waals surface area contributed by atoms with Crippen LogP contribution in [0.1, 0.15) is 44.8 Å². The third-order valence-electron chi connectivity index (χ3n) is 2.67. The Bertz CT molecular complexity index is 400. The Kier molecular flexibility index (Phi) is 6.64. The summed E-state index contributed by atoms with van der Waals surface area (Å²) in [7, 11) is 0. The van der Waals surface area contributed by atoms with Gasteiger partial charge in [-0.15, -0.1) is 0 Å². The Morgan fingerprint density at radius 1 is 1.05 bits per heavy atom. The van der Waals surface area contributed by atoms with Crippen molar-refractivity contribution in [3.05, 3.63) is 35.9 Å². The summed E-state index contributed by atoms with van der Waals surface area (Å²) in [5.41, 5.74) is 0.914. The molecule has 0 aliphatic carbocycles. The molecule has 1 atom stereocenters. The second kappa shape index (κ2) is 8.29. The minimum atomic E-state index is -0.363. The van der Waals surface area contributed by atoms with E-state index in [-0.39, 0.29) is 24.6 Å². The average Bonchev–Trinajstić information content (AvgIpc) is 2.46. The van der Waals surface area contributed by atoms with Crippen molar-refractivity contribution in [2.75, 3.05) is 6.61 Å². The number of hydrogen-bond donors (Lipinski definition) is 0. The maximum absolute atomic E-state index is 11.4. The van der Waals surface area contributed by atoms with Crippen LogP contribution in [0.5, 0.6) is 0 Å². The van der Waals surface area contributed by atoms with Crippen LogP contribution in [0.3, 0.4) is 0 Å². The van der Waals surface area contributed by atoms with Gasteiger partial charge in [-0.2, -0.15) is 0 Å². The zero-order chi connectivity index (χ0) is 14.1. The van der Waals surface area contributed by atoms with E-state index in [0.717, 1.165) is 5.56 Å². The molecule has 1 aromatic rings. The van der Waals surface area contributed by atoms with Gasteiger partial charge in [0, 0.05) is 19.3 Å². The van der Waals surface area contributed by atoms with Crippen molar-refractivity contribution in [3.8, 4) is 0 Å². The normalized spacial score (nSPS) is 11.7. The summed E-state index contributed by atoms with van der Waals surface area (Å²) in [5, 5.41) is 0. The zero-order valence-corrected chi connectivity index (χ0v) is 11.4. The van der Waals surface area contributed by atoms with E-state index in [2.05, 4.69) is 0 Å². The van der Waals surface area contributed by atoms with E-state index < -0.39 is 0 Å². The Morgan fingerprint density at radius 2 is 1.68 bits per heavy atom. The van der Waals surface area contributed by atoms with Gasteiger partial charge in [-0.05, 0) is 5.56 Å². The van der Waals surface area contributed by atoms with Gasteiger partial charge < -0.3 is 9.47 Å². The average molecular weight is 264 g/mol. The van der Waals surface area contributed by atoms with Gasteiger partial charge in [0.15, 0.2) is 0 Å². The fraction of sp³-hybridized carbons (Fsp3) is 0.467. The highest BCUT2D eigenvalue weighted by atomic mass is 16.6. The molecule has 0 aliphatic heterocycles. The van der Waals surface area contributed by atoms with E-state index >= 15 is 0 Å². The van der Waals surface area contributed by atoms with Crippen LogP contribution < -0.4 is 0 Å². The number of benzene rings is 1. The van der Waals surface area contributed by atoms with E-state index in [4.69, 9.17) is 9.47 Å². The van der Waals surface area contributed by atoms with Crippen molar-refractivity contribution in [3.63, 3.8) is 0 Å². The minimum absolute atomic E-state index is 0.242. The van der Waals surface area contributed by atoms with E-state index in [9.17, 15) is 9.59 Å². The monoisotopic (exact) mass is 264 g/mol. The standard InChI is InChI=1S/C15H20O4/c1-3-14(16)18-11-10-13(19-15(17)4-2)12-8-6-5-7-9-12/h5-9,13H,3-4,10-11H2,1-2H3/t13-/m1/s1. The molecule has 1 rings (SSSR count). The molecule has 0 radical (unpaired) electrons. The first kappa shape index (κ1) is 15.2. The predicted octanol–water partition coefficient (Wildman–Crippen LogP) is 3.02. The quantitative estimate of drug-likeness (QED) is 0.710. The second-order valence-electron chi connectivity index (χ2n) is 4.11. The molecule has 0 amide bonds. The molecule has 0 saturated carbocycles. The Morgan fingerprint density at radius 3 is 2.26 bits per heavy atom. The lowest BCUT2D eigenvalue weighted by Gasteiger charge is -2.18. The van der Waals surface area contributed by atoms with Crippen molar-refractivity contribution in [1.29, 1.82) is 0 Å². The van der Waals surface area contributed by atoms with Crippen LogP contribution >= 0.6 is 0 Å². The fourth-order valence-electron chi connectivity index (χ4n) is 1.59. The lowest BCUT2D eigenvalue weighted by Crippen LogP contribution is -2.14. The molecule has 0 aromatic heterocycles. The molecule has 0 fully saturated rings. The third kappa shape index (κ3) is 5.55. The van der Waals surface area contributed by atoms with Crippen molar-refractivity contribution < 1.29 is 19.1 Å². The topological polar surface area (TPSA) is 52.6 Å². The first-order valence-corrected chi connectivity index (χ1v) is 6.57. The third-order valence-corrected chi connectivity index (χ3v) is 2.67. The zero-order valence-electron chi connectivity index (χ0n) is 11.4. The van der Waals surface area contributed by atoms with Crippen molar-refractivity contribution in [1.82, 2.24) is 0 Å². The first-order chi connectivity index (χ1) is 9.17. The summed E-state index contributed by atoms with van der Waals surface area (Å²) < 4.78 is 10.4. The molecular formula is C15H20O4. The van der Waals surface area contributed by atoms with Crippen molar-refractivity contribution in [2.45, 2.75) is 39.2 Å². The highest BCUT2D eigenvalue weighted by molar-refractivity contribution is 5.69. The van der Waals surface area contributed by atoms with E-state index in [1.165, 1.54) is 0 Å². The molecule has 4 nitrogen and oxygen atoms in total. The van der Waals surface area contributed by atoms with Crippen LogP contribution in [0, 0.1) is 0 Å². The van der Waals surface area contributed by atoms with Gasteiger partial charge in [-0.25, -0.2) is 0 Å². The molecule has 0 heterocycles. The van der Waals surface area contributed by atoms with Gasteiger partial charge in [0.05, 0.1) is 6.61 Å². The van der Waals surface area contributed by atoms with Crippen LogP contribution in [0.25, 0.3) is 0 Å². The van der Waals surface area contributed by atoms with Crippen molar-refractivity contribution in [2.24, 2.45) is 0 Å². The molecule has 0 N–H and O–H groups in total. The minimum Gasteiger partial charge on any atom is -0.466 e. The number of esters is 2. The number of ether oxygens (including phenoxy) is 2. The lowest BCUT2D eigenvalue weighted by atomic mass is 10.1.